The highest BCUT2D eigenvalue weighted by atomic mass is 79.9. The summed E-state index contributed by atoms with van der Waals surface area (Å²) in [5.41, 5.74) is 0. The summed E-state index contributed by atoms with van der Waals surface area (Å²) < 4.78 is 22.5. The highest BCUT2D eigenvalue weighted by molar-refractivity contribution is 9.14. The van der Waals surface area contributed by atoms with Crippen molar-refractivity contribution in [2.75, 3.05) is 13.6 Å². The topological polar surface area (TPSA) is 58.5 Å². The van der Waals surface area contributed by atoms with E-state index in [9.17, 15) is 8.42 Å². The fourth-order valence-corrected chi connectivity index (χ4v) is 2.27. The smallest absolute Gasteiger partial charge is 0.229 e. The molecule has 0 fully saturated rings. The highest BCUT2D eigenvalue weighted by Gasteiger charge is 2.26. The molecule has 0 amide bonds. The molecule has 0 aromatic heterocycles. The zero-order valence-corrected chi connectivity index (χ0v) is 8.24. The van der Waals surface area contributed by atoms with Crippen LogP contribution in [0.5, 0.6) is 0 Å². The molecule has 0 unspecified atom stereocenters. The van der Waals surface area contributed by atoms with Gasteiger partial charge in [0.15, 0.2) is 5.04 Å². The molecule has 0 radical (unpaired) electrons. The number of sulfone groups is 1. The van der Waals surface area contributed by atoms with Crippen molar-refractivity contribution in [2.24, 2.45) is 4.99 Å². The Bertz CT molecular complexity index is 317. The lowest BCUT2D eigenvalue weighted by atomic mass is 10.7. The molecule has 1 aliphatic rings. The minimum absolute atomic E-state index is 0.134. The van der Waals surface area contributed by atoms with Crippen LogP contribution < -0.4 is 5.32 Å². The average molecular weight is 239 g/mol. The van der Waals surface area contributed by atoms with E-state index in [0.29, 0.717) is 0 Å². The minimum Gasteiger partial charge on any atom is -0.314 e. The van der Waals surface area contributed by atoms with Crippen molar-refractivity contribution in [1.29, 1.82) is 0 Å². The Labute approximate surface area is 73.4 Å². The maximum absolute atomic E-state index is 11.2. The van der Waals surface area contributed by atoms with E-state index in [1.54, 1.807) is 7.05 Å². The monoisotopic (exact) mass is 238 g/mol. The van der Waals surface area contributed by atoms with E-state index >= 15 is 0 Å². The number of hydrogen-bond acceptors (Lipinski definition) is 4. The molecule has 0 saturated carbocycles. The van der Waals surface area contributed by atoms with Gasteiger partial charge in [0.05, 0.1) is 6.20 Å². The first kappa shape index (κ1) is 8.89. The van der Waals surface area contributed by atoms with E-state index in [1.165, 1.54) is 6.20 Å². The maximum Gasteiger partial charge on any atom is 0.229 e. The van der Waals surface area contributed by atoms with Crippen molar-refractivity contribution in [3.05, 3.63) is 10.0 Å². The predicted molar refractivity (Wildman–Crippen MR) is 47.3 cm³/mol. The molecular formula is C5H7BrN2O2S. The fourth-order valence-electron chi connectivity index (χ4n) is 0.666. The third-order valence-electron chi connectivity index (χ3n) is 1.20. The van der Waals surface area contributed by atoms with Crippen LogP contribution in [0, 0.1) is 0 Å². The molecule has 0 atom stereocenters. The summed E-state index contributed by atoms with van der Waals surface area (Å²) in [7, 11) is -1.59. The van der Waals surface area contributed by atoms with Gasteiger partial charge in [-0.3, -0.25) is 0 Å². The Kier molecular flexibility index (Phi) is 2.46. The van der Waals surface area contributed by atoms with Crippen LogP contribution in [0.3, 0.4) is 0 Å². The van der Waals surface area contributed by atoms with E-state index in [0.717, 1.165) is 0 Å². The molecule has 0 aliphatic carbocycles. The average Bonchev–Trinajstić information content (AvgIpc) is 2.16. The molecule has 0 aromatic carbocycles. The number of halogens is 1. The van der Waals surface area contributed by atoms with E-state index in [-0.39, 0.29) is 15.4 Å². The molecule has 6 heteroatoms. The second-order valence-electron chi connectivity index (χ2n) is 1.99. The van der Waals surface area contributed by atoms with Gasteiger partial charge in [-0.2, -0.15) is 0 Å². The number of nitrogens with one attached hydrogen (secondary N) is 1. The van der Waals surface area contributed by atoms with Crippen LogP contribution in [-0.2, 0) is 9.84 Å². The molecular weight excluding hydrogens is 232 g/mol. The quantitative estimate of drug-likeness (QED) is 0.750. The van der Waals surface area contributed by atoms with Crippen LogP contribution in [0.2, 0.25) is 0 Å². The second kappa shape index (κ2) is 3.04. The Morgan fingerprint density at radius 3 is 2.73 bits per heavy atom. The predicted octanol–water partition coefficient (Wildman–Crippen LogP) is 0.226. The summed E-state index contributed by atoms with van der Waals surface area (Å²) in [5.74, 6) is 0. The van der Waals surface area contributed by atoms with Crippen molar-refractivity contribution in [1.82, 2.24) is 5.32 Å². The van der Waals surface area contributed by atoms with Crippen molar-refractivity contribution >= 4 is 30.8 Å². The van der Waals surface area contributed by atoms with E-state index in [2.05, 4.69) is 26.2 Å². The normalized spacial score (nSPS) is 21.3. The molecule has 0 spiro atoms. The van der Waals surface area contributed by atoms with Crippen LogP contribution in [0.15, 0.2) is 15.0 Å². The Morgan fingerprint density at radius 2 is 2.36 bits per heavy atom. The van der Waals surface area contributed by atoms with Gasteiger partial charge in [-0.05, 0) is 23.0 Å². The third kappa shape index (κ3) is 1.52. The second-order valence-corrected chi connectivity index (χ2v) is 5.29. The molecule has 0 bridgehead atoms. The van der Waals surface area contributed by atoms with E-state index < -0.39 is 9.84 Å². The largest absolute Gasteiger partial charge is 0.314 e. The first-order chi connectivity index (χ1) is 5.09. The zero-order chi connectivity index (χ0) is 8.48. The zero-order valence-electron chi connectivity index (χ0n) is 5.83. The molecule has 4 nitrogen and oxygen atoms in total. The van der Waals surface area contributed by atoms with Gasteiger partial charge in [0, 0.05) is 6.54 Å². The van der Waals surface area contributed by atoms with E-state index in [1.807, 2.05) is 0 Å². The molecule has 0 aromatic rings. The lowest BCUT2D eigenvalue weighted by molar-refractivity contribution is 0.614. The maximum atomic E-state index is 11.2. The summed E-state index contributed by atoms with van der Waals surface area (Å²) in [6.45, 7) is 0.272. The molecule has 1 heterocycles. The Morgan fingerprint density at radius 1 is 1.73 bits per heavy atom. The Balaban J connectivity index is 2.93. The SMILES string of the molecule is CNCC1=NC=C(Br)S1(=O)=O. The van der Waals surface area contributed by atoms with Gasteiger partial charge in [0.25, 0.3) is 0 Å². The standard InChI is InChI=1S/C5H7BrN2O2S/c1-7-3-5-8-2-4(6)11(5,9)10/h2,7H,3H2,1H3. The summed E-state index contributed by atoms with van der Waals surface area (Å²) in [5, 5.41) is 2.88. The van der Waals surface area contributed by atoms with Crippen LogP contribution in [-0.4, -0.2) is 27.1 Å². The number of hydrogen-bond donors (Lipinski definition) is 1. The van der Waals surface area contributed by atoms with Gasteiger partial charge in [0.1, 0.15) is 3.81 Å². The molecule has 1 rings (SSSR count). The fraction of sp³-hybridized carbons (Fsp3) is 0.400. The summed E-state index contributed by atoms with van der Waals surface area (Å²) in [6.07, 6.45) is 1.29. The van der Waals surface area contributed by atoms with Crippen LogP contribution in [0.4, 0.5) is 0 Å². The van der Waals surface area contributed by atoms with Gasteiger partial charge < -0.3 is 5.32 Å². The number of rotatable bonds is 2. The number of nitrogens with zero attached hydrogens (tertiary/aromatic N) is 1. The minimum atomic E-state index is -3.26. The summed E-state index contributed by atoms with van der Waals surface area (Å²) in [6, 6.07) is 0. The molecule has 0 saturated heterocycles. The van der Waals surface area contributed by atoms with Crippen molar-refractivity contribution in [3.63, 3.8) is 0 Å². The van der Waals surface area contributed by atoms with Gasteiger partial charge in [-0.25, -0.2) is 13.4 Å². The van der Waals surface area contributed by atoms with Crippen LogP contribution in [0.1, 0.15) is 0 Å². The van der Waals surface area contributed by atoms with Gasteiger partial charge in [-0.15, -0.1) is 0 Å². The third-order valence-corrected chi connectivity index (χ3v) is 4.18. The lowest BCUT2D eigenvalue weighted by Gasteiger charge is -1.98. The van der Waals surface area contributed by atoms with Crippen molar-refractivity contribution in [2.45, 2.75) is 0 Å². The molecule has 1 aliphatic heterocycles. The van der Waals surface area contributed by atoms with Crippen LogP contribution >= 0.6 is 15.9 Å². The lowest BCUT2D eigenvalue weighted by Crippen LogP contribution is -2.24. The first-order valence-corrected chi connectivity index (χ1v) is 5.18. The Hall–Kier alpha value is -0.200. The van der Waals surface area contributed by atoms with E-state index in [4.69, 9.17) is 0 Å². The molecule has 1 N–H and O–H groups in total. The summed E-state index contributed by atoms with van der Waals surface area (Å²) in [4.78, 5) is 3.72. The van der Waals surface area contributed by atoms with Crippen molar-refractivity contribution in [3.8, 4) is 0 Å². The molecule has 11 heavy (non-hydrogen) atoms. The number of aliphatic imine (C=N–C) groups is 1. The molecule has 62 valence electrons. The van der Waals surface area contributed by atoms with Gasteiger partial charge >= 0.3 is 0 Å². The highest BCUT2D eigenvalue weighted by Crippen LogP contribution is 2.21. The summed E-state index contributed by atoms with van der Waals surface area (Å²) >= 11 is 2.90. The van der Waals surface area contributed by atoms with Gasteiger partial charge in [-0.1, -0.05) is 0 Å². The first-order valence-electron chi connectivity index (χ1n) is 2.91. The van der Waals surface area contributed by atoms with Crippen molar-refractivity contribution < 1.29 is 8.42 Å². The van der Waals surface area contributed by atoms with Crippen LogP contribution in [0.25, 0.3) is 0 Å². The van der Waals surface area contributed by atoms with Gasteiger partial charge in [0.2, 0.25) is 9.84 Å².